The lowest BCUT2D eigenvalue weighted by Crippen LogP contribution is -2.37. The maximum atomic E-state index is 14.7. The van der Waals surface area contributed by atoms with Crippen LogP contribution in [0.25, 0.3) is 10.9 Å². The summed E-state index contributed by atoms with van der Waals surface area (Å²) in [7, 11) is -4.38. The van der Waals surface area contributed by atoms with Crippen LogP contribution < -0.4 is 10.2 Å². The van der Waals surface area contributed by atoms with Gasteiger partial charge in [0.15, 0.2) is 0 Å². The summed E-state index contributed by atoms with van der Waals surface area (Å²) in [5.41, 5.74) is -2.60. The summed E-state index contributed by atoms with van der Waals surface area (Å²) in [6.45, 7) is 16.8. The van der Waals surface area contributed by atoms with E-state index in [1.165, 1.54) is 31.5 Å². The Morgan fingerprint density at radius 1 is 1.11 bits per heavy atom. The third kappa shape index (κ3) is 10.4. The van der Waals surface area contributed by atoms with Crippen molar-refractivity contribution in [2.45, 2.75) is 111 Å². The molecular weight excluding hydrogens is 788 g/mol. The second-order valence-corrected chi connectivity index (χ2v) is 18.9. The van der Waals surface area contributed by atoms with E-state index in [-0.39, 0.29) is 51.5 Å². The number of amides is 1. The summed E-state index contributed by atoms with van der Waals surface area (Å²) in [5, 5.41) is 22.1. The third-order valence-corrected chi connectivity index (χ3v) is 10.8. The number of rotatable bonds is 13. The number of benzene rings is 1. The van der Waals surface area contributed by atoms with Gasteiger partial charge < -0.3 is 10.1 Å². The monoisotopic (exact) mass is 834 g/mol. The molecule has 5 rings (SSSR count). The van der Waals surface area contributed by atoms with E-state index >= 15 is 0 Å². The van der Waals surface area contributed by atoms with Gasteiger partial charge in [-0.25, -0.2) is 32.3 Å². The van der Waals surface area contributed by atoms with Crippen molar-refractivity contribution in [1.82, 2.24) is 25.0 Å². The number of phosphoric acid groups is 1. The predicted molar refractivity (Wildman–Crippen MR) is 208 cm³/mol. The van der Waals surface area contributed by atoms with Gasteiger partial charge in [0.2, 0.25) is 12.7 Å². The summed E-state index contributed by atoms with van der Waals surface area (Å²) >= 11 is 6.89. The molecule has 1 N–H and O–H groups in total. The first-order chi connectivity index (χ1) is 26.4. The highest BCUT2D eigenvalue weighted by atomic mass is 35.5. The Hall–Kier alpha value is -4.33. The maximum Gasteiger partial charge on any atom is 0.478 e. The van der Waals surface area contributed by atoms with Crippen molar-refractivity contribution >= 4 is 47.8 Å². The summed E-state index contributed by atoms with van der Waals surface area (Å²) in [6.07, 6.45) is -0.949. The van der Waals surface area contributed by atoms with Crippen molar-refractivity contribution in [1.29, 1.82) is 5.26 Å². The van der Waals surface area contributed by atoms with Crippen molar-refractivity contribution in [3.63, 3.8) is 0 Å². The molecule has 3 heterocycles. The maximum absolute atomic E-state index is 14.7. The number of ether oxygens (including phenoxy) is 1. The summed E-state index contributed by atoms with van der Waals surface area (Å²) in [4.78, 5) is 24.1. The Kier molecular flexibility index (Phi) is 12.4. The van der Waals surface area contributed by atoms with Gasteiger partial charge in [-0.1, -0.05) is 43.7 Å². The molecule has 19 heteroatoms. The lowest BCUT2D eigenvalue weighted by molar-refractivity contribution is -0.0278. The van der Waals surface area contributed by atoms with Crippen LogP contribution in [0.3, 0.4) is 0 Å². The van der Waals surface area contributed by atoms with Crippen LogP contribution in [0.2, 0.25) is 5.02 Å². The number of fused-ring (bicyclic) bond motifs is 1. The number of aryl methyl sites for hydroxylation is 1. The van der Waals surface area contributed by atoms with Gasteiger partial charge >= 0.3 is 13.9 Å². The molecule has 1 atom stereocenters. The molecule has 0 radical (unpaired) electrons. The van der Waals surface area contributed by atoms with E-state index in [1.807, 2.05) is 20.8 Å². The van der Waals surface area contributed by atoms with Gasteiger partial charge in [-0.05, 0) is 84.9 Å². The molecule has 0 unspecified atom stereocenters. The van der Waals surface area contributed by atoms with Crippen LogP contribution in [-0.2, 0) is 28.4 Å². The topological polar surface area (TPSA) is 167 Å². The Morgan fingerprint density at radius 3 is 2.30 bits per heavy atom. The first-order valence-electron chi connectivity index (χ1n) is 18.1. The van der Waals surface area contributed by atoms with Gasteiger partial charge in [0.1, 0.15) is 23.3 Å². The van der Waals surface area contributed by atoms with E-state index in [0.717, 1.165) is 15.6 Å². The average Bonchev–Trinajstić information content (AvgIpc) is 3.74. The molecule has 14 nitrogen and oxygen atoms in total. The number of halogens is 4. The molecule has 1 amide bonds. The average molecular weight is 835 g/mol. The van der Waals surface area contributed by atoms with Gasteiger partial charge in [0, 0.05) is 29.4 Å². The lowest BCUT2D eigenvalue weighted by atomic mass is 9.96. The molecular formula is C38H47ClF3N8O6P. The molecule has 0 saturated heterocycles. The standard InChI is InChI=1S/C38H47ClF3N8O6P/c1-22-25(11-12-29(40)46-22)32(28-19-49(48-47-28)38(13-14-38)33(41)42)50(34(51)53-21-54-57(52,55-36(5,6)7)56-37(8,9)10)24-15-26-30(45-20-35(2,3)4)23(17-43)18-44-31(26)27(39)16-24/h11-12,15-16,18-19,32-33H,13-14,20-21H2,1-10H3,(H,44,45)/t32-/m0/s1. The first kappa shape index (κ1) is 43.8. The van der Waals surface area contributed by atoms with E-state index in [0.29, 0.717) is 23.1 Å². The minimum absolute atomic E-state index is 0.0136. The fraction of sp³-hybridized carbons (Fsp3) is 0.526. The summed E-state index contributed by atoms with van der Waals surface area (Å²) < 4.78 is 80.5. The van der Waals surface area contributed by atoms with Crippen molar-refractivity contribution in [2.24, 2.45) is 5.41 Å². The first-order valence-corrected chi connectivity index (χ1v) is 19.9. The van der Waals surface area contributed by atoms with Crippen molar-refractivity contribution < 1.29 is 40.8 Å². The van der Waals surface area contributed by atoms with Crippen LogP contribution in [0.15, 0.2) is 36.7 Å². The third-order valence-electron chi connectivity index (χ3n) is 8.53. The Bertz CT molecular complexity index is 2210. The van der Waals surface area contributed by atoms with E-state index in [4.69, 9.17) is 29.9 Å². The van der Waals surface area contributed by atoms with Crippen LogP contribution in [0.5, 0.6) is 0 Å². The number of phosphoric ester groups is 1. The highest BCUT2D eigenvalue weighted by molar-refractivity contribution is 7.48. The molecule has 3 aromatic heterocycles. The number of aromatic nitrogens is 5. The SMILES string of the molecule is Cc1nc(F)ccc1[C@@H](c1cn(C2(C(F)F)CC2)nn1)N(C(=O)OCOP(=O)(OC(C)(C)C)OC(C)(C)C)c1cc(Cl)c2ncc(C#N)c(NCC(C)(C)C)c2c1. The van der Waals surface area contributed by atoms with Crippen molar-refractivity contribution in [3.05, 3.63) is 70.1 Å². The summed E-state index contributed by atoms with van der Waals surface area (Å²) in [6, 6.07) is 6.17. The highest BCUT2D eigenvalue weighted by Gasteiger charge is 2.54. The fourth-order valence-corrected chi connectivity index (χ4v) is 7.81. The number of carbonyl (C=O) groups excluding carboxylic acids is 1. The van der Waals surface area contributed by atoms with Gasteiger partial charge in [-0.2, -0.15) is 9.65 Å². The van der Waals surface area contributed by atoms with Gasteiger partial charge in [-0.3, -0.25) is 18.9 Å². The zero-order chi connectivity index (χ0) is 42.3. The molecule has 4 aromatic rings. The van der Waals surface area contributed by atoms with Gasteiger partial charge in [-0.15, -0.1) is 5.10 Å². The Morgan fingerprint density at radius 2 is 1.75 bits per heavy atom. The van der Waals surface area contributed by atoms with Crippen LogP contribution >= 0.6 is 19.4 Å². The molecule has 1 aliphatic carbocycles. The Balaban J connectivity index is 1.71. The van der Waals surface area contributed by atoms with E-state index in [9.17, 15) is 27.8 Å². The number of hydrogen-bond acceptors (Lipinski definition) is 12. The second kappa shape index (κ2) is 16.1. The van der Waals surface area contributed by atoms with E-state index in [2.05, 4.69) is 31.7 Å². The zero-order valence-electron chi connectivity index (χ0n) is 33.5. The molecule has 1 aromatic carbocycles. The van der Waals surface area contributed by atoms with Gasteiger partial charge in [0.25, 0.3) is 6.43 Å². The van der Waals surface area contributed by atoms with Crippen LogP contribution in [0, 0.1) is 29.6 Å². The molecule has 57 heavy (non-hydrogen) atoms. The highest BCUT2D eigenvalue weighted by Crippen LogP contribution is 2.55. The lowest BCUT2D eigenvalue weighted by Gasteiger charge is -2.32. The molecule has 1 saturated carbocycles. The number of hydrogen-bond donors (Lipinski definition) is 1. The Labute approximate surface area is 334 Å². The molecule has 1 aliphatic rings. The predicted octanol–water partition coefficient (Wildman–Crippen LogP) is 9.85. The second-order valence-electron chi connectivity index (χ2n) is 17.0. The zero-order valence-corrected chi connectivity index (χ0v) is 35.1. The van der Waals surface area contributed by atoms with E-state index < -0.39 is 55.9 Å². The molecule has 0 aliphatic heterocycles. The molecule has 1 fully saturated rings. The van der Waals surface area contributed by atoms with E-state index in [1.54, 1.807) is 47.6 Å². The number of nitrogens with one attached hydrogen (secondary N) is 1. The number of nitriles is 1. The summed E-state index contributed by atoms with van der Waals surface area (Å²) in [5.74, 6) is -0.817. The number of anilines is 2. The molecule has 0 bridgehead atoms. The van der Waals surface area contributed by atoms with Crippen LogP contribution in [0.4, 0.5) is 29.3 Å². The number of carbonyl (C=O) groups is 1. The van der Waals surface area contributed by atoms with Crippen molar-refractivity contribution in [2.75, 3.05) is 23.6 Å². The number of pyridine rings is 2. The minimum atomic E-state index is -4.38. The van der Waals surface area contributed by atoms with Crippen LogP contribution in [0.1, 0.15) is 104 Å². The largest absolute Gasteiger partial charge is 0.478 e. The van der Waals surface area contributed by atoms with Crippen LogP contribution in [-0.4, -0.2) is 62.0 Å². The van der Waals surface area contributed by atoms with Crippen molar-refractivity contribution in [3.8, 4) is 6.07 Å². The smallest absolute Gasteiger partial charge is 0.421 e. The minimum Gasteiger partial charge on any atom is -0.421 e. The quantitative estimate of drug-likeness (QED) is 0.0771. The fourth-order valence-electron chi connectivity index (χ4n) is 5.88. The number of nitrogens with zero attached hydrogens (tertiary/aromatic N) is 7. The molecule has 308 valence electrons. The normalized spacial score (nSPS) is 15.1. The number of alkyl halides is 2. The van der Waals surface area contributed by atoms with Gasteiger partial charge in [0.05, 0.1) is 44.9 Å². The molecule has 0 spiro atoms.